The Morgan fingerprint density at radius 1 is 1.39 bits per heavy atom. The van der Waals surface area contributed by atoms with E-state index < -0.39 is 0 Å². The Morgan fingerprint density at radius 3 is 2.83 bits per heavy atom. The average molecular weight is 249 g/mol. The van der Waals surface area contributed by atoms with Gasteiger partial charge in [0.15, 0.2) is 5.82 Å². The lowest BCUT2D eigenvalue weighted by atomic mass is 10.2. The first-order chi connectivity index (χ1) is 8.74. The predicted octanol–water partition coefficient (Wildman–Crippen LogP) is 0.895. The predicted molar refractivity (Wildman–Crippen MR) is 64.3 cm³/mol. The Morgan fingerprint density at radius 2 is 2.22 bits per heavy atom. The van der Waals surface area contributed by atoms with E-state index in [2.05, 4.69) is 10.1 Å². The Bertz CT molecular complexity index is 525. The van der Waals surface area contributed by atoms with Gasteiger partial charge in [-0.3, -0.25) is 4.68 Å². The summed E-state index contributed by atoms with van der Waals surface area (Å²) in [5.74, 6) is 1.97. The zero-order chi connectivity index (χ0) is 13.0. The molecular weight excluding hydrogens is 234 g/mol. The Balaban J connectivity index is 2.14. The molecular formula is C12H15N3O3. The van der Waals surface area contributed by atoms with Crippen molar-refractivity contribution in [2.75, 3.05) is 7.11 Å². The molecule has 0 atom stereocenters. The summed E-state index contributed by atoms with van der Waals surface area (Å²) >= 11 is 0. The number of ether oxygens (including phenoxy) is 2. The summed E-state index contributed by atoms with van der Waals surface area (Å²) in [6.45, 7) is 0.203. The smallest absolute Gasteiger partial charge is 0.164 e. The van der Waals surface area contributed by atoms with Gasteiger partial charge in [0, 0.05) is 18.7 Å². The quantitative estimate of drug-likeness (QED) is 0.852. The Hall–Kier alpha value is -2.08. The molecule has 1 aromatic carbocycles. The molecule has 0 saturated heterocycles. The molecule has 0 amide bonds. The van der Waals surface area contributed by atoms with Gasteiger partial charge in [-0.05, 0) is 12.1 Å². The molecule has 1 heterocycles. The highest BCUT2D eigenvalue weighted by atomic mass is 16.5. The maximum absolute atomic E-state index is 9.24. The van der Waals surface area contributed by atoms with Crippen molar-refractivity contribution in [3.05, 3.63) is 35.9 Å². The zero-order valence-corrected chi connectivity index (χ0v) is 10.3. The number of nitrogens with zero attached hydrogens (tertiary/aromatic N) is 3. The minimum atomic E-state index is -0.0852. The van der Waals surface area contributed by atoms with Gasteiger partial charge in [0.2, 0.25) is 0 Å². The van der Waals surface area contributed by atoms with Crippen LogP contribution >= 0.6 is 0 Å². The number of aliphatic hydroxyl groups is 1. The monoisotopic (exact) mass is 249 g/mol. The van der Waals surface area contributed by atoms with Gasteiger partial charge < -0.3 is 14.6 Å². The zero-order valence-electron chi connectivity index (χ0n) is 10.3. The second-order valence-electron chi connectivity index (χ2n) is 3.72. The highest BCUT2D eigenvalue weighted by Crippen LogP contribution is 2.25. The number of methoxy groups -OCH3 is 1. The van der Waals surface area contributed by atoms with Crippen molar-refractivity contribution < 1.29 is 14.6 Å². The van der Waals surface area contributed by atoms with Gasteiger partial charge in [-0.15, -0.1) is 0 Å². The number of benzene rings is 1. The third-order valence-corrected chi connectivity index (χ3v) is 2.61. The lowest BCUT2D eigenvalue weighted by Crippen LogP contribution is -2.05. The fourth-order valence-electron chi connectivity index (χ4n) is 1.52. The molecule has 0 aliphatic rings. The SMILES string of the molecule is COc1ccc(CO)c(OCc2ncnn2C)c1. The summed E-state index contributed by atoms with van der Waals surface area (Å²) in [7, 11) is 3.38. The third kappa shape index (κ3) is 2.60. The molecule has 96 valence electrons. The lowest BCUT2D eigenvalue weighted by Gasteiger charge is -2.11. The molecule has 6 nitrogen and oxygen atoms in total. The molecule has 2 aromatic rings. The van der Waals surface area contributed by atoms with Crippen molar-refractivity contribution in [1.82, 2.24) is 14.8 Å². The summed E-state index contributed by atoms with van der Waals surface area (Å²) in [5, 5.41) is 13.2. The molecule has 0 saturated carbocycles. The minimum Gasteiger partial charge on any atom is -0.497 e. The van der Waals surface area contributed by atoms with Crippen LogP contribution in [0.15, 0.2) is 24.5 Å². The fraction of sp³-hybridized carbons (Fsp3) is 0.333. The van der Waals surface area contributed by atoms with E-state index in [1.807, 2.05) is 0 Å². The van der Waals surface area contributed by atoms with Gasteiger partial charge in [0.05, 0.1) is 13.7 Å². The molecule has 0 aliphatic carbocycles. The molecule has 0 radical (unpaired) electrons. The number of hydrogen-bond donors (Lipinski definition) is 1. The van der Waals surface area contributed by atoms with Crippen molar-refractivity contribution in [1.29, 1.82) is 0 Å². The number of aromatic nitrogens is 3. The third-order valence-electron chi connectivity index (χ3n) is 2.61. The van der Waals surface area contributed by atoms with Crippen molar-refractivity contribution >= 4 is 0 Å². The lowest BCUT2D eigenvalue weighted by molar-refractivity contribution is 0.252. The average Bonchev–Trinajstić information content (AvgIpc) is 2.81. The second kappa shape index (κ2) is 5.50. The minimum absolute atomic E-state index is 0.0852. The van der Waals surface area contributed by atoms with E-state index >= 15 is 0 Å². The van der Waals surface area contributed by atoms with Crippen LogP contribution in [0.1, 0.15) is 11.4 Å². The van der Waals surface area contributed by atoms with Crippen LogP contribution in [0.3, 0.4) is 0 Å². The van der Waals surface area contributed by atoms with Crippen LogP contribution in [-0.2, 0) is 20.3 Å². The van der Waals surface area contributed by atoms with E-state index in [0.717, 1.165) is 0 Å². The first-order valence-electron chi connectivity index (χ1n) is 5.48. The van der Waals surface area contributed by atoms with E-state index in [1.54, 1.807) is 37.0 Å². The van der Waals surface area contributed by atoms with Crippen LogP contribution in [0.25, 0.3) is 0 Å². The van der Waals surface area contributed by atoms with Crippen LogP contribution in [0, 0.1) is 0 Å². The molecule has 0 spiro atoms. The van der Waals surface area contributed by atoms with E-state index in [9.17, 15) is 5.11 Å². The Kier molecular flexibility index (Phi) is 3.78. The van der Waals surface area contributed by atoms with Gasteiger partial charge in [-0.1, -0.05) is 0 Å². The molecule has 2 rings (SSSR count). The molecule has 6 heteroatoms. The standard InChI is InChI=1S/C12H15N3O3/c1-15-12(13-8-14-15)7-18-11-5-10(17-2)4-3-9(11)6-16/h3-5,8,16H,6-7H2,1-2H3. The van der Waals surface area contributed by atoms with Crippen LogP contribution in [-0.4, -0.2) is 27.0 Å². The van der Waals surface area contributed by atoms with Gasteiger partial charge in [0.1, 0.15) is 24.4 Å². The van der Waals surface area contributed by atoms with E-state index in [0.29, 0.717) is 22.9 Å². The van der Waals surface area contributed by atoms with Crippen molar-refractivity contribution in [2.45, 2.75) is 13.2 Å². The number of hydrogen-bond acceptors (Lipinski definition) is 5. The van der Waals surface area contributed by atoms with Crippen molar-refractivity contribution in [3.63, 3.8) is 0 Å². The Labute approximate surface area is 105 Å². The first kappa shape index (κ1) is 12.4. The maximum Gasteiger partial charge on any atom is 0.164 e. The molecule has 0 aliphatic heterocycles. The number of aliphatic hydroxyl groups excluding tert-OH is 1. The molecule has 1 aromatic heterocycles. The van der Waals surface area contributed by atoms with E-state index in [-0.39, 0.29) is 13.2 Å². The van der Waals surface area contributed by atoms with Gasteiger partial charge in [-0.2, -0.15) is 5.10 Å². The van der Waals surface area contributed by atoms with Crippen molar-refractivity contribution in [3.8, 4) is 11.5 Å². The van der Waals surface area contributed by atoms with Gasteiger partial charge >= 0.3 is 0 Å². The summed E-state index contributed by atoms with van der Waals surface area (Å²) in [6, 6.07) is 5.29. The first-order valence-corrected chi connectivity index (χ1v) is 5.48. The number of rotatable bonds is 5. The molecule has 0 unspecified atom stereocenters. The maximum atomic E-state index is 9.24. The fourth-order valence-corrected chi connectivity index (χ4v) is 1.52. The van der Waals surface area contributed by atoms with Crippen LogP contribution < -0.4 is 9.47 Å². The topological polar surface area (TPSA) is 69.4 Å². The second-order valence-corrected chi connectivity index (χ2v) is 3.72. The largest absolute Gasteiger partial charge is 0.497 e. The van der Waals surface area contributed by atoms with Crippen LogP contribution in [0.5, 0.6) is 11.5 Å². The van der Waals surface area contributed by atoms with Gasteiger partial charge in [0.25, 0.3) is 0 Å². The highest BCUT2D eigenvalue weighted by molar-refractivity contribution is 5.40. The molecule has 18 heavy (non-hydrogen) atoms. The van der Waals surface area contributed by atoms with Gasteiger partial charge in [-0.25, -0.2) is 4.98 Å². The number of aryl methyl sites for hydroxylation is 1. The van der Waals surface area contributed by atoms with Crippen LogP contribution in [0.4, 0.5) is 0 Å². The van der Waals surface area contributed by atoms with Crippen molar-refractivity contribution in [2.24, 2.45) is 7.05 Å². The molecule has 0 fully saturated rings. The normalized spacial score (nSPS) is 10.4. The summed E-state index contributed by atoms with van der Waals surface area (Å²) in [5.41, 5.74) is 0.706. The summed E-state index contributed by atoms with van der Waals surface area (Å²) in [6.07, 6.45) is 1.47. The molecule has 0 bridgehead atoms. The van der Waals surface area contributed by atoms with E-state index in [1.165, 1.54) is 6.33 Å². The molecule has 1 N–H and O–H groups in total. The highest BCUT2D eigenvalue weighted by Gasteiger charge is 2.07. The van der Waals surface area contributed by atoms with E-state index in [4.69, 9.17) is 9.47 Å². The summed E-state index contributed by atoms with van der Waals surface area (Å²) in [4.78, 5) is 4.06. The summed E-state index contributed by atoms with van der Waals surface area (Å²) < 4.78 is 12.4. The van der Waals surface area contributed by atoms with Crippen LogP contribution in [0.2, 0.25) is 0 Å².